The predicted octanol–water partition coefficient (Wildman–Crippen LogP) is 8.45. The van der Waals surface area contributed by atoms with E-state index in [0.717, 1.165) is 49.9 Å². The Morgan fingerprint density at radius 2 is 1.24 bits per heavy atom. The number of hydrogen-bond donors (Lipinski definition) is 2. The van der Waals surface area contributed by atoms with Gasteiger partial charge in [0.2, 0.25) is 11.9 Å². The molecule has 3 fully saturated rings. The van der Waals surface area contributed by atoms with E-state index in [1.807, 2.05) is 0 Å². The van der Waals surface area contributed by atoms with Crippen LogP contribution in [0, 0.1) is 11.3 Å². The molecule has 1 aromatic rings. The van der Waals surface area contributed by atoms with Gasteiger partial charge in [0.25, 0.3) is 0 Å². The van der Waals surface area contributed by atoms with Crippen molar-refractivity contribution in [1.82, 2.24) is 30.5 Å². The maximum atomic E-state index is 5.35. The number of unbranched alkanes of at least 4 members (excludes halogenated alkanes) is 3. The second-order valence-electron chi connectivity index (χ2n) is 22.2. The number of rotatable bonds is 9. The Bertz CT molecular complexity index is 1350. The van der Waals surface area contributed by atoms with Gasteiger partial charge in [0.1, 0.15) is 5.82 Å². The third-order valence-electron chi connectivity index (χ3n) is 12.2. The number of fused-ring (bicyclic) bond motifs is 5. The van der Waals surface area contributed by atoms with Gasteiger partial charge >= 0.3 is 0 Å². The summed E-state index contributed by atoms with van der Waals surface area (Å²) in [5.41, 5.74) is 0.0789. The minimum absolute atomic E-state index is 0.0328. The first-order valence-electron chi connectivity index (χ1n) is 19.8. The molecule has 2 N–H and O–H groups in total. The minimum atomic E-state index is -0.298. The number of nitrogens with zero attached hydrogens (tertiary/aromatic N) is 6. The molecule has 5 rings (SSSR count). The normalized spacial score (nSPS) is 30.7. The van der Waals surface area contributed by atoms with E-state index < -0.39 is 0 Å². The molecule has 0 spiro atoms. The molecule has 4 unspecified atom stereocenters. The molecule has 4 aliphatic rings. The molecule has 8 heteroatoms. The Morgan fingerprint density at radius 1 is 0.673 bits per heavy atom. The first-order valence-corrected chi connectivity index (χ1v) is 19.8. The highest BCUT2D eigenvalue weighted by atomic mass is 15.5. The fourth-order valence-corrected chi connectivity index (χ4v) is 11.9. The molecule has 4 atom stereocenters. The van der Waals surface area contributed by atoms with E-state index in [0.29, 0.717) is 18.0 Å². The second-order valence-corrected chi connectivity index (χ2v) is 22.2. The van der Waals surface area contributed by atoms with Gasteiger partial charge in [-0.3, -0.25) is 10.2 Å². The highest BCUT2D eigenvalue weighted by Crippen LogP contribution is 2.53. The number of aromatic nitrogens is 3. The van der Waals surface area contributed by atoms with Crippen LogP contribution in [0.25, 0.3) is 0 Å². The molecule has 5 heterocycles. The van der Waals surface area contributed by atoms with Crippen LogP contribution in [-0.2, 0) is 5.41 Å². The van der Waals surface area contributed by atoms with Crippen molar-refractivity contribution >= 4 is 11.9 Å². The van der Waals surface area contributed by atoms with Crippen LogP contribution < -0.4 is 20.4 Å². The van der Waals surface area contributed by atoms with E-state index in [4.69, 9.17) is 15.0 Å². The summed E-state index contributed by atoms with van der Waals surface area (Å²) in [7, 11) is 0. The van der Waals surface area contributed by atoms with Gasteiger partial charge in [-0.25, -0.2) is 0 Å². The monoisotopic (exact) mass is 681 g/mol. The summed E-state index contributed by atoms with van der Waals surface area (Å²) in [4.78, 5) is 23.8. The van der Waals surface area contributed by atoms with Crippen molar-refractivity contribution in [3.8, 4) is 0 Å². The Hall–Kier alpha value is -1.51. The quantitative estimate of drug-likeness (QED) is 0.252. The van der Waals surface area contributed by atoms with E-state index in [1.54, 1.807) is 0 Å². The van der Waals surface area contributed by atoms with Gasteiger partial charge in [0, 0.05) is 64.1 Å². The van der Waals surface area contributed by atoms with Gasteiger partial charge < -0.3 is 15.1 Å². The van der Waals surface area contributed by atoms with Crippen molar-refractivity contribution < 1.29 is 0 Å². The van der Waals surface area contributed by atoms with Gasteiger partial charge in [-0.05, 0) is 120 Å². The first kappa shape index (κ1) is 38.7. The molecular weight excluding hydrogens is 605 g/mol. The second kappa shape index (κ2) is 12.3. The molecule has 8 nitrogen and oxygen atoms in total. The van der Waals surface area contributed by atoms with E-state index in [2.05, 4.69) is 143 Å². The summed E-state index contributed by atoms with van der Waals surface area (Å²) in [6.45, 7) is 42.4. The van der Waals surface area contributed by atoms with E-state index in [1.165, 1.54) is 32.2 Å². The number of likely N-dealkylation sites (tertiary alicyclic amines) is 1. The molecule has 0 amide bonds. The Labute approximate surface area is 301 Å². The molecule has 0 aromatic carbocycles. The van der Waals surface area contributed by atoms with Gasteiger partial charge in [0.05, 0.1) is 5.66 Å². The minimum Gasteiger partial charge on any atom is -0.337 e. The third-order valence-corrected chi connectivity index (χ3v) is 12.2. The summed E-state index contributed by atoms with van der Waals surface area (Å²) in [6.07, 6.45) is 9.26. The van der Waals surface area contributed by atoms with Gasteiger partial charge in [-0.15, -0.1) is 0 Å². The van der Waals surface area contributed by atoms with Crippen LogP contribution in [0.1, 0.15) is 175 Å². The molecule has 0 radical (unpaired) electrons. The van der Waals surface area contributed by atoms with Crippen LogP contribution >= 0.6 is 0 Å². The van der Waals surface area contributed by atoms with Crippen LogP contribution in [0.2, 0.25) is 0 Å². The molecule has 280 valence electrons. The molecular formula is C41H76N8. The standard InChI is InChI=1S/C41H76N8/c1-34(2,3)27-38(11,12)49-33-43-31(35(4,5)6)42-32(44-33)47(28-24-36(7,8)46-41(49,17)25-28)22-20-18-19-21-23-48-29-26-37(9,10)45-39(13,14)30(29)40(48,15)16/h28-30,45-46H,18-27H2,1-17H3. The average Bonchev–Trinajstić information content (AvgIpc) is 2.84. The SMILES string of the molecule is CC(C)(C)CC(C)(C)N1c2nc(nc(C(C)(C)C)n2)N(CCCCCCN2C3CC(C)(C)NC(C)(C)C3C2(C)C)C2CC(C)(C)NC1(C)C2. The van der Waals surface area contributed by atoms with E-state index in [-0.39, 0.29) is 44.2 Å². The average molecular weight is 681 g/mol. The summed E-state index contributed by atoms with van der Waals surface area (Å²) in [6, 6.07) is 1.03. The number of nitrogens with one attached hydrogen (secondary N) is 2. The third kappa shape index (κ3) is 7.82. The Morgan fingerprint density at radius 3 is 1.84 bits per heavy atom. The summed E-state index contributed by atoms with van der Waals surface area (Å²) in [5, 5.41) is 8.10. The number of piperidine rings is 2. The summed E-state index contributed by atoms with van der Waals surface area (Å²) < 4.78 is 0. The molecule has 0 saturated carbocycles. The summed E-state index contributed by atoms with van der Waals surface area (Å²) >= 11 is 0. The molecule has 4 bridgehead atoms. The van der Waals surface area contributed by atoms with Crippen molar-refractivity contribution in [2.45, 2.75) is 220 Å². The van der Waals surface area contributed by atoms with Gasteiger partial charge in [-0.2, -0.15) is 15.0 Å². The highest BCUT2D eigenvalue weighted by molar-refractivity contribution is 5.48. The molecule has 4 aliphatic heterocycles. The molecule has 1 aromatic heterocycles. The van der Waals surface area contributed by atoms with Crippen LogP contribution in [0.15, 0.2) is 0 Å². The lowest BCUT2D eigenvalue weighted by molar-refractivity contribution is -0.185. The van der Waals surface area contributed by atoms with E-state index >= 15 is 0 Å². The number of hydrogen-bond acceptors (Lipinski definition) is 8. The van der Waals surface area contributed by atoms with Crippen molar-refractivity contribution in [1.29, 1.82) is 0 Å². The first-order chi connectivity index (χ1) is 22.1. The highest BCUT2D eigenvalue weighted by Gasteiger charge is 2.63. The lowest BCUT2D eigenvalue weighted by Gasteiger charge is -2.71. The zero-order chi connectivity index (χ0) is 36.8. The molecule has 0 aliphatic carbocycles. The van der Waals surface area contributed by atoms with Crippen molar-refractivity contribution in [3.05, 3.63) is 5.82 Å². The Balaban J connectivity index is 1.34. The van der Waals surface area contributed by atoms with Crippen molar-refractivity contribution in [2.24, 2.45) is 11.3 Å². The maximum Gasteiger partial charge on any atom is 0.232 e. The largest absolute Gasteiger partial charge is 0.337 e. The van der Waals surface area contributed by atoms with Gasteiger partial charge in [0.15, 0.2) is 0 Å². The lowest BCUT2D eigenvalue weighted by atomic mass is 9.56. The molecule has 49 heavy (non-hydrogen) atoms. The smallest absolute Gasteiger partial charge is 0.232 e. The van der Waals surface area contributed by atoms with Crippen molar-refractivity contribution in [3.63, 3.8) is 0 Å². The predicted molar refractivity (Wildman–Crippen MR) is 208 cm³/mol. The maximum absolute atomic E-state index is 5.35. The van der Waals surface area contributed by atoms with E-state index in [9.17, 15) is 0 Å². The number of anilines is 2. The van der Waals surface area contributed by atoms with Gasteiger partial charge in [-0.1, -0.05) is 54.4 Å². The lowest BCUT2D eigenvalue weighted by Crippen LogP contribution is -2.82. The zero-order valence-electron chi connectivity index (χ0n) is 35.0. The van der Waals surface area contributed by atoms with Crippen LogP contribution in [0.4, 0.5) is 11.9 Å². The zero-order valence-corrected chi connectivity index (χ0v) is 35.0. The van der Waals surface area contributed by atoms with Crippen LogP contribution in [0.5, 0.6) is 0 Å². The van der Waals surface area contributed by atoms with Crippen molar-refractivity contribution in [2.75, 3.05) is 22.9 Å². The topological polar surface area (TPSA) is 72.5 Å². The Kier molecular flexibility index (Phi) is 9.71. The fourth-order valence-electron chi connectivity index (χ4n) is 11.9. The van der Waals surface area contributed by atoms with Crippen LogP contribution in [-0.4, -0.2) is 78.4 Å². The molecule has 3 saturated heterocycles. The fraction of sp³-hybridized carbons (Fsp3) is 0.927. The summed E-state index contributed by atoms with van der Waals surface area (Å²) in [5.74, 6) is 3.27. The van der Waals surface area contributed by atoms with Crippen LogP contribution in [0.3, 0.4) is 0 Å².